The number of rotatable bonds is 3. The monoisotopic (exact) mass is 281 g/mol. The van der Waals surface area contributed by atoms with E-state index >= 15 is 0 Å². The van der Waals surface area contributed by atoms with E-state index in [9.17, 15) is 12.8 Å². The molecule has 6 heteroatoms. The SMILES string of the molecule is CN(c1ccc(F)cc1)S(=O)(=O)CBr. The molecule has 0 aliphatic heterocycles. The van der Waals surface area contributed by atoms with Crippen molar-refractivity contribution in [3.05, 3.63) is 30.1 Å². The molecule has 0 saturated carbocycles. The Morgan fingerprint density at radius 1 is 1.36 bits per heavy atom. The highest BCUT2D eigenvalue weighted by molar-refractivity contribution is 9.10. The zero-order valence-corrected chi connectivity index (χ0v) is 9.85. The Hall–Kier alpha value is -0.620. The molecule has 0 fully saturated rings. The Bertz CT molecular complexity index is 404. The van der Waals surface area contributed by atoms with Gasteiger partial charge in [0.2, 0.25) is 10.0 Å². The highest BCUT2D eigenvalue weighted by Gasteiger charge is 2.16. The molecule has 0 aliphatic rings. The molecule has 1 rings (SSSR count). The fourth-order valence-electron chi connectivity index (χ4n) is 0.885. The third-order valence-corrected chi connectivity index (χ3v) is 4.80. The number of nitrogens with zero attached hydrogens (tertiary/aromatic N) is 1. The molecule has 1 aromatic carbocycles. The number of sulfonamides is 1. The molecule has 0 N–H and O–H groups in total. The van der Waals surface area contributed by atoms with Crippen LogP contribution in [0.3, 0.4) is 0 Å². The molecule has 0 radical (unpaired) electrons. The van der Waals surface area contributed by atoms with Gasteiger partial charge in [0.25, 0.3) is 0 Å². The topological polar surface area (TPSA) is 37.4 Å². The van der Waals surface area contributed by atoms with Crippen molar-refractivity contribution in [3.8, 4) is 0 Å². The molecule has 1 aromatic rings. The van der Waals surface area contributed by atoms with Gasteiger partial charge in [0.1, 0.15) is 10.5 Å². The number of halogens is 2. The first kappa shape index (κ1) is 11.5. The Morgan fingerprint density at radius 2 is 1.86 bits per heavy atom. The van der Waals surface area contributed by atoms with Crippen molar-refractivity contribution in [1.29, 1.82) is 0 Å². The number of alkyl halides is 1. The third kappa shape index (κ3) is 2.45. The minimum absolute atomic E-state index is 0.159. The van der Waals surface area contributed by atoms with Gasteiger partial charge in [0.05, 0.1) is 5.69 Å². The van der Waals surface area contributed by atoms with Gasteiger partial charge in [0, 0.05) is 7.05 Å². The van der Waals surface area contributed by atoms with Gasteiger partial charge < -0.3 is 0 Å². The molecule has 0 spiro atoms. The Kier molecular flexibility index (Phi) is 3.49. The zero-order chi connectivity index (χ0) is 10.8. The molecule has 0 amide bonds. The van der Waals surface area contributed by atoms with Crippen LogP contribution in [-0.2, 0) is 10.0 Å². The van der Waals surface area contributed by atoms with Gasteiger partial charge in [-0.15, -0.1) is 0 Å². The molecule has 0 bridgehead atoms. The maximum absolute atomic E-state index is 12.6. The lowest BCUT2D eigenvalue weighted by Crippen LogP contribution is -2.26. The van der Waals surface area contributed by atoms with Crippen molar-refractivity contribution < 1.29 is 12.8 Å². The summed E-state index contributed by atoms with van der Waals surface area (Å²) in [5, 5.41) is 0. The highest BCUT2D eigenvalue weighted by Crippen LogP contribution is 2.17. The largest absolute Gasteiger partial charge is 0.273 e. The van der Waals surface area contributed by atoms with Crippen LogP contribution in [0.15, 0.2) is 24.3 Å². The highest BCUT2D eigenvalue weighted by atomic mass is 79.9. The van der Waals surface area contributed by atoms with Gasteiger partial charge in [-0.1, -0.05) is 15.9 Å². The molecule has 0 heterocycles. The van der Waals surface area contributed by atoms with Crippen LogP contribution >= 0.6 is 15.9 Å². The summed E-state index contributed by atoms with van der Waals surface area (Å²) in [5.41, 5.74) is 0.436. The number of hydrogen-bond donors (Lipinski definition) is 0. The van der Waals surface area contributed by atoms with Crippen LogP contribution in [0.5, 0.6) is 0 Å². The zero-order valence-electron chi connectivity index (χ0n) is 7.44. The lowest BCUT2D eigenvalue weighted by Gasteiger charge is -2.17. The first-order valence-corrected chi connectivity index (χ1v) is 6.48. The number of anilines is 1. The number of benzene rings is 1. The van der Waals surface area contributed by atoms with E-state index < -0.39 is 15.8 Å². The second-order valence-electron chi connectivity index (χ2n) is 2.66. The lowest BCUT2D eigenvalue weighted by atomic mass is 10.3. The predicted octanol–water partition coefficient (Wildman–Crippen LogP) is 1.94. The molecule has 78 valence electrons. The van der Waals surface area contributed by atoms with Crippen molar-refractivity contribution in [1.82, 2.24) is 0 Å². The normalized spacial score (nSPS) is 11.4. The van der Waals surface area contributed by atoms with Crippen LogP contribution in [0.2, 0.25) is 0 Å². The second-order valence-corrected chi connectivity index (χ2v) is 5.97. The van der Waals surface area contributed by atoms with Crippen molar-refractivity contribution >= 4 is 31.6 Å². The summed E-state index contributed by atoms with van der Waals surface area (Å²) < 4.78 is 36.2. The van der Waals surface area contributed by atoms with Crippen molar-refractivity contribution in [2.45, 2.75) is 0 Å². The molecule has 0 saturated heterocycles. The van der Waals surface area contributed by atoms with Crippen molar-refractivity contribution in [2.75, 3.05) is 16.0 Å². The third-order valence-electron chi connectivity index (χ3n) is 1.75. The van der Waals surface area contributed by atoms with Gasteiger partial charge in [-0.2, -0.15) is 0 Å². The van der Waals surface area contributed by atoms with Crippen molar-refractivity contribution in [3.63, 3.8) is 0 Å². The molecular formula is C8H9BrFNO2S. The maximum atomic E-state index is 12.6. The molecule has 0 aromatic heterocycles. The van der Waals surface area contributed by atoms with E-state index in [1.54, 1.807) is 0 Å². The Labute approximate surface area is 90.7 Å². The van der Waals surface area contributed by atoms with Crippen LogP contribution in [0.1, 0.15) is 0 Å². The molecule has 14 heavy (non-hydrogen) atoms. The first-order valence-electron chi connectivity index (χ1n) is 3.75. The number of hydrogen-bond acceptors (Lipinski definition) is 2. The summed E-state index contributed by atoms with van der Waals surface area (Å²) in [5.74, 6) is -0.390. The minimum atomic E-state index is -3.34. The molecule has 0 atom stereocenters. The summed E-state index contributed by atoms with van der Waals surface area (Å²) in [4.78, 5) is 0. The van der Waals surface area contributed by atoms with Gasteiger partial charge in [-0.05, 0) is 24.3 Å². The van der Waals surface area contributed by atoms with Crippen molar-refractivity contribution in [2.24, 2.45) is 0 Å². The van der Waals surface area contributed by atoms with Gasteiger partial charge >= 0.3 is 0 Å². The summed E-state index contributed by atoms with van der Waals surface area (Å²) >= 11 is 2.88. The summed E-state index contributed by atoms with van der Waals surface area (Å²) in [6, 6.07) is 5.26. The average Bonchev–Trinajstić information content (AvgIpc) is 2.18. The van der Waals surface area contributed by atoms with Crippen LogP contribution < -0.4 is 4.31 Å². The average molecular weight is 282 g/mol. The molecule has 0 aliphatic carbocycles. The van der Waals surface area contributed by atoms with Gasteiger partial charge in [-0.25, -0.2) is 12.8 Å². The first-order chi connectivity index (χ1) is 6.47. The van der Waals surface area contributed by atoms with E-state index in [4.69, 9.17) is 0 Å². The quantitative estimate of drug-likeness (QED) is 0.795. The summed E-state index contributed by atoms with van der Waals surface area (Å²) in [6.45, 7) is 0. The Balaban J connectivity index is 3.01. The minimum Gasteiger partial charge on any atom is -0.273 e. The molecule has 0 unspecified atom stereocenters. The van der Waals surface area contributed by atoms with E-state index in [2.05, 4.69) is 15.9 Å². The summed E-state index contributed by atoms with van der Waals surface area (Å²) in [7, 11) is -1.92. The fourth-order valence-corrected chi connectivity index (χ4v) is 2.40. The fraction of sp³-hybridized carbons (Fsp3) is 0.250. The lowest BCUT2D eigenvalue weighted by molar-refractivity contribution is 0.599. The molecule has 3 nitrogen and oxygen atoms in total. The van der Waals surface area contributed by atoms with Gasteiger partial charge in [0.15, 0.2) is 0 Å². The van der Waals surface area contributed by atoms with E-state index in [-0.39, 0.29) is 4.66 Å². The van der Waals surface area contributed by atoms with E-state index in [0.717, 1.165) is 4.31 Å². The van der Waals surface area contributed by atoms with Gasteiger partial charge in [-0.3, -0.25) is 4.31 Å². The summed E-state index contributed by atoms with van der Waals surface area (Å²) in [6.07, 6.45) is 0. The van der Waals surface area contributed by atoms with E-state index in [1.165, 1.54) is 31.3 Å². The van der Waals surface area contributed by atoms with Crippen LogP contribution in [0, 0.1) is 5.82 Å². The van der Waals surface area contributed by atoms with E-state index in [0.29, 0.717) is 5.69 Å². The molecular weight excluding hydrogens is 273 g/mol. The smallest absolute Gasteiger partial charge is 0.244 e. The standard InChI is InChI=1S/C8H9BrFNO2S/c1-11(14(12,13)6-9)8-4-2-7(10)3-5-8/h2-5H,6H2,1H3. The van der Waals surface area contributed by atoms with Crippen LogP contribution in [-0.4, -0.2) is 20.1 Å². The van der Waals surface area contributed by atoms with Crippen LogP contribution in [0.25, 0.3) is 0 Å². The van der Waals surface area contributed by atoms with Crippen LogP contribution in [0.4, 0.5) is 10.1 Å². The predicted molar refractivity (Wildman–Crippen MR) is 57.5 cm³/mol. The second kappa shape index (κ2) is 4.27. The Morgan fingerprint density at radius 3 is 2.29 bits per heavy atom. The maximum Gasteiger partial charge on any atom is 0.244 e. The van der Waals surface area contributed by atoms with E-state index in [1.807, 2.05) is 0 Å².